The van der Waals surface area contributed by atoms with E-state index in [2.05, 4.69) is 97.7 Å². The molecule has 3 aromatic carbocycles. The number of nitrogens with one attached hydrogen (secondary N) is 2. The summed E-state index contributed by atoms with van der Waals surface area (Å²) in [6.45, 7) is 9.41. The van der Waals surface area contributed by atoms with Crippen LogP contribution in [0.5, 0.6) is 0 Å². The molecule has 0 saturated heterocycles. The summed E-state index contributed by atoms with van der Waals surface area (Å²) < 4.78 is 0.323. The number of hydrogen-bond donors (Lipinski definition) is 2. The molecule has 0 spiro atoms. The standard InChI is InChI=1S/C28H37N3O.C6H8NP.Ti/c1-7-9-13-23-16-18-24(19-17-23)27(32)29-31(8-2,28(4)20-11-12-22(28)3)26-15-10-14-25(21-26)30(5)6;8-7-6-4-2-1-3-5-6;/h10-12,14-21H,7-9,13H2,1-6H3;1-5,7H,8H2;/p+2. The zero-order valence-electron chi connectivity index (χ0n) is 25.6. The van der Waals surface area contributed by atoms with E-state index in [1.54, 1.807) is 9.39 Å². The number of benzene rings is 3. The Morgan fingerprint density at radius 2 is 1.66 bits per heavy atom. The minimum Gasteiger partial charge on any atom is -0.377 e. The van der Waals surface area contributed by atoms with Gasteiger partial charge >= 0.3 is 0 Å². The Balaban J connectivity index is 0.000000563. The summed E-state index contributed by atoms with van der Waals surface area (Å²) in [5, 5.41) is 3.05. The molecule has 3 unspecified atom stereocenters. The van der Waals surface area contributed by atoms with Crippen molar-refractivity contribution in [1.29, 1.82) is 0 Å². The van der Waals surface area contributed by atoms with Gasteiger partial charge in [0.1, 0.15) is 6.54 Å². The van der Waals surface area contributed by atoms with Crippen molar-refractivity contribution in [2.24, 2.45) is 0 Å². The summed E-state index contributed by atoms with van der Waals surface area (Å²) in [6, 6.07) is 26.6. The molecule has 2 N–H and O–H groups in total. The van der Waals surface area contributed by atoms with Crippen molar-refractivity contribution in [3.8, 4) is 0 Å². The maximum absolute atomic E-state index is 13.6. The minimum atomic E-state index is -0.379. The van der Waals surface area contributed by atoms with Gasteiger partial charge in [0.15, 0.2) is 11.2 Å². The van der Waals surface area contributed by atoms with E-state index in [-0.39, 0.29) is 33.2 Å². The number of hydrogen-bond acceptors (Lipinski definition) is 3. The van der Waals surface area contributed by atoms with Crippen LogP contribution in [-0.4, -0.2) is 32.1 Å². The van der Waals surface area contributed by atoms with Gasteiger partial charge in [-0.2, -0.15) is 10.0 Å². The van der Waals surface area contributed by atoms with Crippen molar-refractivity contribution in [1.82, 2.24) is 10.0 Å². The average Bonchev–Trinajstić information content (AvgIpc) is 3.34. The molecular weight excluding hydrogens is 559 g/mol. The Morgan fingerprint density at radius 1 is 0.976 bits per heavy atom. The van der Waals surface area contributed by atoms with Crippen LogP contribution in [0.25, 0.3) is 0 Å². The van der Waals surface area contributed by atoms with Crippen LogP contribution in [0.1, 0.15) is 56.5 Å². The quantitative estimate of drug-likeness (QED) is 0.108. The Labute approximate surface area is 264 Å². The number of unbranched alkanes of at least 4 members (excludes halogenated alkanes) is 1. The first-order valence-electron chi connectivity index (χ1n) is 14.2. The maximum atomic E-state index is 13.6. The van der Waals surface area contributed by atoms with Crippen LogP contribution in [0.4, 0.5) is 17.1 Å². The normalized spacial score (nSPS) is 16.9. The van der Waals surface area contributed by atoms with Gasteiger partial charge in [-0.1, -0.05) is 61.9 Å². The number of aryl methyl sites for hydroxylation is 1. The van der Waals surface area contributed by atoms with Crippen LogP contribution in [0, 0.1) is 0 Å². The van der Waals surface area contributed by atoms with Crippen molar-refractivity contribution in [3.63, 3.8) is 0 Å². The third kappa shape index (κ3) is 8.20. The van der Waals surface area contributed by atoms with Crippen LogP contribution in [0.15, 0.2) is 103 Å². The molecule has 0 aromatic heterocycles. The van der Waals surface area contributed by atoms with Gasteiger partial charge in [0.2, 0.25) is 0 Å². The molecule has 1 aliphatic rings. The fraction of sp³-hybridized carbons (Fsp3) is 0.324. The summed E-state index contributed by atoms with van der Waals surface area (Å²) in [6.07, 6.45) is 9.85. The van der Waals surface area contributed by atoms with E-state index in [4.69, 9.17) is 0 Å². The summed E-state index contributed by atoms with van der Waals surface area (Å²) in [7, 11) is 5.82. The van der Waals surface area contributed by atoms with Crippen LogP contribution in [-0.2, 0) is 28.1 Å². The molecule has 0 bridgehead atoms. The topological polar surface area (TPSA) is 44.4 Å². The summed E-state index contributed by atoms with van der Waals surface area (Å²) in [5.74, 6) is -0.0570. The zero-order valence-corrected chi connectivity index (χ0v) is 28.6. The molecule has 0 radical (unpaired) electrons. The number of allylic oxidation sites excluding steroid dienone is 2. The monoisotopic (exact) mass is 606 g/mol. The first kappa shape index (κ1) is 34.5. The molecule has 41 heavy (non-hydrogen) atoms. The van der Waals surface area contributed by atoms with E-state index in [9.17, 15) is 4.79 Å². The van der Waals surface area contributed by atoms with Crippen molar-refractivity contribution in [3.05, 3.63) is 114 Å². The maximum Gasteiger partial charge on any atom is 0.296 e. The van der Waals surface area contributed by atoms with E-state index in [1.807, 2.05) is 56.6 Å². The largest absolute Gasteiger partial charge is 0.377 e. The van der Waals surface area contributed by atoms with Gasteiger partial charge in [0.25, 0.3) is 5.91 Å². The molecule has 7 heteroatoms. The predicted molar refractivity (Wildman–Crippen MR) is 178 cm³/mol. The molecule has 4 rings (SSSR count). The van der Waals surface area contributed by atoms with Crippen LogP contribution < -0.4 is 20.0 Å². The fourth-order valence-electron chi connectivity index (χ4n) is 5.15. The van der Waals surface area contributed by atoms with E-state index in [0.29, 0.717) is 16.7 Å². The van der Waals surface area contributed by atoms with E-state index in [1.165, 1.54) is 29.7 Å². The number of nitrogens with zero attached hydrogens (tertiary/aromatic N) is 2. The summed E-state index contributed by atoms with van der Waals surface area (Å²) in [5.41, 5.74) is 9.61. The fourth-order valence-corrected chi connectivity index (χ4v) is 5.39. The molecule has 3 atom stereocenters. The molecule has 1 aliphatic carbocycles. The Bertz CT molecular complexity index is 1310. The average molecular weight is 607 g/mol. The van der Waals surface area contributed by atoms with E-state index >= 15 is 0 Å². The Morgan fingerprint density at radius 3 is 2.17 bits per heavy atom. The predicted octanol–water partition coefficient (Wildman–Crippen LogP) is 7.66. The van der Waals surface area contributed by atoms with Crippen molar-refractivity contribution < 1.29 is 26.5 Å². The van der Waals surface area contributed by atoms with Gasteiger partial charge in [0.05, 0.1) is 15.1 Å². The van der Waals surface area contributed by atoms with Crippen LogP contribution in [0.2, 0.25) is 0 Å². The first-order chi connectivity index (χ1) is 19.2. The van der Waals surface area contributed by atoms with Gasteiger partial charge in [-0.15, -0.1) is 0 Å². The molecule has 0 heterocycles. The number of likely N-dealkylation sites (N-methyl/N-ethyl adjacent to an activating group) is 1. The summed E-state index contributed by atoms with van der Waals surface area (Å²) >= 11 is 0. The van der Waals surface area contributed by atoms with E-state index < -0.39 is 0 Å². The molecule has 0 saturated carbocycles. The first-order valence-corrected chi connectivity index (χ1v) is 14.9. The van der Waals surface area contributed by atoms with Gasteiger partial charge in [0, 0.05) is 66.1 Å². The van der Waals surface area contributed by atoms with Gasteiger partial charge in [-0.25, -0.2) is 0 Å². The van der Waals surface area contributed by atoms with Crippen LogP contribution >= 0.6 is 9.39 Å². The zero-order chi connectivity index (χ0) is 29.2. The third-order valence-electron chi connectivity index (χ3n) is 7.93. The second kappa shape index (κ2) is 16.1. The van der Waals surface area contributed by atoms with Gasteiger partial charge in [-0.05, 0) is 74.2 Å². The number of amides is 1. The van der Waals surface area contributed by atoms with Gasteiger partial charge in [-0.3, -0.25) is 9.88 Å². The number of rotatable bonds is 10. The molecule has 1 amide bonds. The number of quaternary nitrogens is 1. The number of para-hydroxylation sites is 1. The van der Waals surface area contributed by atoms with Crippen molar-refractivity contribution >= 4 is 32.4 Å². The number of carbonyl (C=O) groups is 1. The van der Waals surface area contributed by atoms with Crippen LogP contribution in [0.3, 0.4) is 0 Å². The van der Waals surface area contributed by atoms with E-state index in [0.717, 1.165) is 17.8 Å². The smallest absolute Gasteiger partial charge is 0.296 e. The summed E-state index contributed by atoms with van der Waals surface area (Å²) in [4.78, 5) is 15.7. The molecule has 216 valence electrons. The number of carbonyl (C=O) groups excluding carboxylic acids is 1. The molecular formula is C34H47N4OPTi+2. The molecule has 0 aliphatic heterocycles. The molecule has 5 nitrogen and oxygen atoms in total. The van der Waals surface area contributed by atoms with Crippen molar-refractivity contribution in [2.45, 2.75) is 52.5 Å². The van der Waals surface area contributed by atoms with Crippen molar-refractivity contribution in [2.75, 3.05) is 30.6 Å². The SMILES string of the molecule is CCCCc1ccc(C(=O)N[N+](CC)(c2cccc(N(C)C)c2)C2(C)C=CC=C2C)cc1.[PH3+]Nc1ccccc1.[Ti]. The Kier molecular flexibility index (Phi) is 13.5. The van der Waals surface area contributed by atoms with Gasteiger partial charge < -0.3 is 4.90 Å². The third-order valence-corrected chi connectivity index (χ3v) is 8.33. The second-order valence-corrected chi connectivity index (χ2v) is 11.0. The Hall–Kier alpha value is -2.69. The minimum absolute atomic E-state index is 0. The second-order valence-electron chi connectivity index (χ2n) is 10.7. The molecule has 3 aromatic rings. The molecule has 0 fully saturated rings. The number of anilines is 2.